The number of rotatable bonds is 4. The first-order chi connectivity index (χ1) is 12.0. The second-order valence-electron chi connectivity index (χ2n) is 5.72. The fraction of sp³-hybridized carbons (Fsp3) is 0.375. The number of carbonyl (C=O) groups is 2. The van der Waals surface area contributed by atoms with Crippen molar-refractivity contribution in [2.75, 3.05) is 18.7 Å². The van der Waals surface area contributed by atoms with Crippen LogP contribution >= 0.6 is 11.8 Å². The minimum Gasteiger partial charge on any atom is -0.467 e. The van der Waals surface area contributed by atoms with Gasteiger partial charge in [0.1, 0.15) is 11.9 Å². The van der Waals surface area contributed by atoms with Crippen LogP contribution in [0.25, 0.3) is 0 Å². The minimum absolute atomic E-state index is 0.116. The molecule has 0 saturated carbocycles. The third-order valence-electron chi connectivity index (χ3n) is 4.20. The molecule has 1 aromatic carbocycles. The van der Waals surface area contributed by atoms with E-state index in [9.17, 15) is 9.59 Å². The number of esters is 1. The van der Waals surface area contributed by atoms with Crippen molar-refractivity contribution >= 4 is 23.6 Å². The van der Waals surface area contributed by atoms with Gasteiger partial charge in [-0.25, -0.2) is 9.47 Å². The van der Waals surface area contributed by atoms with E-state index in [2.05, 4.69) is 10.2 Å². The number of nitrogens with two attached hydrogens (primary N) is 1. The molecule has 2 aromatic rings. The van der Waals surface area contributed by atoms with E-state index in [4.69, 9.17) is 10.6 Å². The molecule has 2 heterocycles. The highest BCUT2D eigenvalue weighted by Crippen LogP contribution is 2.25. The number of thioether (sulfide) groups is 1. The molecule has 0 spiro atoms. The maximum Gasteiger partial charge on any atom is 0.328 e. The molecular formula is C16H19N5O3S. The molecule has 2 N–H and O–H groups in total. The molecule has 1 aromatic heterocycles. The molecule has 0 fully saturated rings. The van der Waals surface area contributed by atoms with Gasteiger partial charge >= 0.3 is 5.97 Å². The lowest BCUT2D eigenvalue weighted by atomic mass is 9.94. The Morgan fingerprint density at radius 1 is 1.32 bits per heavy atom. The summed E-state index contributed by atoms with van der Waals surface area (Å²) in [4.78, 5) is 26.4. The van der Waals surface area contributed by atoms with Gasteiger partial charge in [-0.1, -0.05) is 36.0 Å². The van der Waals surface area contributed by atoms with Gasteiger partial charge in [-0.2, -0.15) is 0 Å². The molecule has 0 aliphatic carbocycles. The summed E-state index contributed by atoms with van der Waals surface area (Å²) in [7, 11) is 1.33. The number of carbonyl (C=O) groups excluding carboxylic acids is 2. The van der Waals surface area contributed by atoms with Gasteiger partial charge in [0.15, 0.2) is 0 Å². The van der Waals surface area contributed by atoms with Crippen molar-refractivity contribution in [3.05, 3.63) is 41.2 Å². The first kappa shape index (κ1) is 17.3. The van der Waals surface area contributed by atoms with Crippen molar-refractivity contribution in [3.63, 3.8) is 0 Å². The number of nitrogen functional groups attached to an aromatic ring is 1. The molecule has 3 rings (SSSR count). The first-order valence-electron chi connectivity index (χ1n) is 7.75. The molecule has 1 amide bonds. The van der Waals surface area contributed by atoms with Crippen LogP contribution < -0.4 is 5.84 Å². The van der Waals surface area contributed by atoms with Crippen molar-refractivity contribution in [1.82, 2.24) is 19.8 Å². The van der Waals surface area contributed by atoms with Crippen LogP contribution in [-0.4, -0.2) is 50.6 Å². The number of hydrogen-bond donors (Lipinski definition) is 1. The third kappa shape index (κ3) is 3.46. The number of hydrogen-bond acceptors (Lipinski definition) is 7. The molecule has 1 aliphatic heterocycles. The Morgan fingerprint density at radius 3 is 2.68 bits per heavy atom. The van der Waals surface area contributed by atoms with Crippen LogP contribution in [0.2, 0.25) is 0 Å². The Labute approximate surface area is 149 Å². The molecule has 0 radical (unpaired) electrons. The highest BCUT2D eigenvalue weighted by atomic mass is 32.2. The predicted molar refractivity (Wildman–Crippen MR) is 92.1 cm³/mol. The third-order valence-corrected chi connectivity index (χ3v) is 5.13. The standard InChI is InChI=1S/C16H19N5O3S/c1-10-18-19-16(21(10)17)25-9-14(22)20-8-12-6-4-3-5-11(12)7-13(20)15(23)24-2/h3-6,13H,7-9,17H2,1-2H3/t13-/m1/s1. The minimum atomic E-state index is -0.620. The molecule has 8 nitrogen and oxygen atoms in total. The van der Waals surface area contributed by atoms with Gasteiger partial charge in [-0.15, -0.1) is 10.2 Å². The zero-order valence-corrected chi connectivity index (χ0v) is 14.8. The smallest absolute Gasteiger partial charge is 0.328 e. The maximum atomic E-state index is 12.7. The van der Waals surface area contributed by atoms with E-state index in [0.29, 0.717) is 23.9 Å². The Morgan fingerprint density at radius 2 is 2.04 bits per heavy atom. The molecule has 1 aliphatic rings. The molecule has 9 heteroatoms. The van der Waals surface area contributed by atoms with Gasteiger partial charge in [0.05, 0.1) is 12.9 Å². The largest absolute Gasteiger partial charge is 0.467 e. The fourth-order valence-corrected chi connectivity index (χ4v) is 3.58. The number of aromatic nitrogens is 3. The number of fused-ring (bicyclic) bond motifs is 1. The number of amides is 1. The lowest BCUT2D eigenvalue weighted by Crippen LogP contribution is -2.49. The van der Waals surface area contributed by atoms with Crippen molar-refractivity contribution in [2.24, 2.45) is 0 Å². The molecule has 25 heavy (non-hydrogen) atoms. The zero-order valence-electron chi connectivity index (χ0n) is 14.0. The van der Waals surface area contributed by atoms with E-state index in [1.165, 1.54) is 23.5 Å². The number of nitrogens with zero attached hydrogens (tertiary/aromatic N) is 4. The van der Waals surface area contributed by atoms with Gasteiger partial charge in [0.25, 0.3) is 0 Å². The van der Waals surface area contributed by atoms with Gasteiger partial charge in [-0.3, -0.25) is 4.79 Å². The number of methoxy groups -OCH3 is 1. The summed E-state index contributed by atoms with van der Waals surface area (Å²) in [6.07, 6.45) is 0.450. The summed E-state index contributed by atoms with van der Waals surface area (Å²) in [6, 6.07) is 7.17. The molecule has 0 bridgehead atoms. The normalized spacial score (nSPS) is 16.4. The summed E-state index contributed by atoms with van der Waals surface area (Å²) in [5.41, 5.74) is 2.10. The van der Waals surface area contributed by atoms with Crippen LogP contribution in [0.1, 0.15) is 17.0 Å². The van der Waals surface area contributed by atoms with Crippen LogP contribution in [0.15, 0.2) is 29.4 Å². The monoisotopic (exact) mass is 361 g/mol. The van der Waals surface area contributed by atoms with Crippen LogP contribution in [0, 0.1) is 6.92 Å². The van der Waals surface area contributed by atoms with E-state index < -0.39 is 12.0 Å². The Balaban J connectivity index is 1.76. The van der Waals surface area contributed by atoms with Crippen LogP contribution in [0.3, 0.4) is 0 Å². The van der Waals surface area contributed by atoms with E-state index in [1.807, 2.05) is 24.3 Å². The van der Waals surface area contributed by atoms with Crippen LogP contribution in [-0.2, 0) is 27.3 Å². The number of benzene rings is 1. The summed E-state index contributed by atoms with van der Waals surface area (Å²) < 4.78 is 6.22. The van der Waals surface area contributed by atoms with Gasteiger partial charge in [0, 0.05) is 13.0 Å². The Kier molecular flexibility index (Phi) is 4.93. The van der Waals surface area contributed by atoms with Crippen LogP contribution in [0.5, 0.6) is 0 Å². The number of ether oxygens (including phenoxy) is 1. The molecule has 0 saturated heterocycles. The second kappa shape index (κ2) is 7.14. The van der Waals surface area contributed by atoms with Gasteiger partial charge in [0.2, 0.25) is 11.1 Å². The van der Waals surface area contributed by atoms with E-state index in [1.54, 1.807) is 11.8 Å². The highest BCUT2D eigenvalue weighted by molar-refractivity contribution is 7.99. The van der Waals surface area contributed by atoms with Crippen molar-refractivity contribution < 1.29 is 14.3 Å². The Hall–Kier alpha value is -2.55. The number of aryl methyl sites for hydroxylation is 1. The van der Waals surface area contributed by atoms with E-state index in [0.717, 1.165) is 11.1 Å². The second-order valence-corrected chi connectivity index (χ2v) is 6.66. The van der Waals surface area contributed by atoms with Crippen LogP contribution in [0.4, 0.5) is 0 Å². The summed E-state index contributed by atoms with van der Waals surface area (Å²) in [5.74, 6) is 5.90. The van der Waals surface area contributed by atoms with E-state index in [-0.39, 0.29) is 11.7 Å². The first-order valence-corrected chi connectivity index (χ1v) is 8.73. The van der Waals surface area contributed by atoms with Gasteiger partial charge < -0.3 is 15.5 Å². The predicted octanol–water partition coefficient (Wildman–Crippen LogP) is 0.519. The quantitative estimate of drug-likeness (QED) is 0.481. The molecular weight excluding hydrogens is 342 g/mol. The fourth-order valence-electron chi connectivity index (χ4n) is 2.79. The summed E-state index contributed by atoms with van der Waals surface area (Å²) >= 11 is 1.19. The topological polar surface area (TPSA) is 103 Å². The maximum absolute atomic E-state index is 12.7. The van der Waals surface area contributed by atoms with E-state index >= 15 is 0 Å². The lowest BCUT2D eigenvalue weighted by Gasteiger charge is -2.35. The van der Waals surface area contributed by atoms with Crippen molar-refractivity contribution in [2.45, 2.75) is 31.1 Å². The average molecular weight is 361 g/mol. The van der Waals surface area contributed by atoms with Gasteiger partial charge in [-0.05, 0) is 18.1 Å². The SMILES string of the molecule is COC(=O)[C@H]1Cc2ccccc2CN1C(=O)CSc1nnc(C)n1N. The molecule has 1 atom stereocenters. The lowest BCUT2D eigenvalue weighted by molar-refractivity contribution is -0.153. The highest BCUT2D eigenvalue weighted by Gasteiger charge is 2.35. The average Bonchev–Trinajstić information content (AvgIpc) is 2.96. The molecule has 0 unspecified atom stereocenters. The summed E-state index contributed by atoms with van der Waals surface area (Å²) in [6.45, 7) is 2.11. The molecule has 132 valence electrons. The Bertz CT molecular complexity index is 807. The summed E-state index contributed by atoms with van der Waals surface area (Å²) in [5, 5.41) is 8.24. The van der Waals surface area contributed by atoms with Crippen molar-refractivity contribution in [1.29, 1.82) is 0 Å². The zero-order chi connectivity index (χ0) is 18.0. The van der Waals surface area contributed by atoms with Crippen molar-refractivity contribution in [3.8, 4) is 0 Å².